The Kier molecular flexibility index (Phi) is 15.0. The van der Waals surface area contributed by atoms with Crippen molar-refractivity contribution in [2.45, 2.75) is 69.1 Å². The summed E-state index contributed by atoms with van der Waals surface area (Å²) in [5.41, 5.74) is 2.80. The van der Waals surface area contributed by atoms with Gasteiger partial charge in [-0.15, -0.1) is 0 Å². The Hall–Kier alpha value is -5.98. The number of carbonyl (C=O) groups excluding carboxylic acids is 2. The van der Waals surface area contributed by atoms with Crippen LogP contribution in [0.3, 0.4) is 0 Å². The zero-order valence-electron chi connectivity index (χ0n) is 35.9. The number of urea groups is 1. The Balaban J connectivity index is 1.30. The van der Waals surface area contributed by atoms with Crippen LogP contribution >= 0.6 is 0 Å². The number of amides is 3. The first-order chi connectivity index (χ1) is 30.6. The van der Waals surface area contributed by atoms with Gasteiger partial charge in [0.05, 0.1) is 26.4 Å². The Morgan fingerprint density at radius 1 is 0.460 bits per heavy atom. The van der Waals surface area contributed by atoms with Crippen LogP contribution in [0.15, 0.2) is 182 Å². The predicted octanol–water partition coefficient (Wildman–Crippen LogP) is 8.41. The van der Waals surface area contributed by atoms with Crippen LogP contribution in [-0.2, 0) is 61.0 Å². The molecule has 7 rings (SSSR count). The second kappa shape index (κ2) is 20.9. The Labute approximate surface area is 370 Å². The lowest BCUT2D eigenvalue weighted by Gasteiger charge is -2.44. The molecule has 0 radical (unpaired) electrons. The first-order valence-corrected chi connectivity index (χ1v) is 21.5. The molecule has 10 nitrogen and oxygen atoms in total. The minimum absolute atomic E-state index is 0.0108. The highest BCUT2D eigenvalue weighted by Gasteiger charge is 2.64. The van der Waals surface area contributed by atoms with Gasteiger partial charge in [0.15, 0.2) is 12.5 Å². The zero-order chi connectivity index (χ0) is 44.1. The molecule has 0 aliphatic carbocycles. The average molecular weight is 849 g/mol. The van der Waals surface area contributed by atoms with E-state index in [0.29, 0.717) is 31.2 Å². The molecular weight excluding hydrogens is 793 g/mol. The lowest BCUT2D eigenvalue weighted by atomic mass is 9.97. The second-order valence-corrected chi connectivity index (χ2v) is 16.1. The molecule has 1 fully saturated rings. The van der Waals surface area contributed by atoms with Crippen molar-refractivity contribution in [2.24, 2.45) is 0 Å². The quantitative estimate of drug-likeness (QED) is 0.0517. The van der Waals surface area contributed by atoms with Crippen molar-refractivity contribution in [3.05, 3.63) is 215 Å². The van der Waals surface area contributed by atoms with Crippen molar-refractivity contribution in [3.8, 4) is 0 Å². The molecule has 6 aromatic carbocycles. The van der Waals surface area contributed by atoms with E-state index in [0.717, 1.165) is 27.2 Å². The Morgan fingerprint density at radius 3 is 1.13 bits per heavy atom. The highest BCUT2D eigenvalue weighted by molar-refractivity contribution is 6.07. The fourth-order valence-corrected chi connectivity index (χ4v) is 7.92. The highest BCUT2D eigenvalue weighted by atomic mass is 16.7. The molecule has 0 saturated carbocycles. The summed E-state index contributed by atoms with van der Waals surface area (Å²) in [6.45, 7) is 3.31. The number of imide groups is 1. The average Bonchev–Trinajstić information content (AvgIpc) is 3.49. The van der Waals surface area contributed by atoms with Crippen LogP contribution in [0.1, 0.15) is 47.2 Å². The number of aliphatic hydroxyl groups is 2. The van der Waals surface area contributed by atoms with Gasteiger partial charge in [-0.05, 0) is 61.8 Å². The molecule has 63 heavy (non-hydrogen) atoms. The van der Waals surface area contributed by atoms with Crippen molar-refractivity contribution in [2.75, 3.05) is 26.4 Å². The maximum Gasteiger partial charge on any atom is 0.332 e. The molecule has 4 atom stereocenters. The van der Waals surface area contributed by atoms with Crippen LogP contribution in [0.5, 0.6) is 0 Å². The molecule has 1 heterocycles. The Morgan fingerprint density at radius 2 is 0.762 bits per heavy atom. The fraction of sp³-hybridized carbons (Fsp3) is 0.283. The maximum atomic E-state index is 15.6. The largest absolute Gasteiger partial charge is 0.358 e. The third kappa shape index (κ3) is 10.6. The van der Waals surface area contributed by atoms with Gasteiger partial charge in [0.1, 0.15) is 5.54 Å². The lowest BCUT2D eigenvalue weighted by molar-refractivity contribution is -0.311. The smallest absolute Gasteiger partial charge is 0.332 e. The van der Waals surface area contributed by atoms with E-state index >= 15 is 9.59 Å². The molecule has 4 unspecified atom stereocenters. The van der Waals surface area contributed by atoms with E-state index in [9.17, 15) is 10.2 Å². The van der Waals surface area contributed by atoms with E-state index in [1.165, 1.54) is 4.90 Å². The zero-order valence-corrected chi connectivity index (χ0v) is 35.9. The fourth-order valence-electron chi connectivity index (χ4n) is 7.92. The SMILES string of the molecule is CC1(C)C(=O)N(C(OCCc2ccccc2)C(O)(OCCc2ccccc2)c2ccccc2)C(=O)N1C(OCCc1ccccc1)C(O)(OCCc1ccccc1)c1ccccc1. The van der Waals surface area contributed by atoms with Crippen LogP contribution in [-0.4, -0.2) is 76.4 Å². The number of benzene rings is 6. The van der Waals surface area contributed by atoms with Crippen molar-refractivity contribution < 1.29 is 38.7 Å². The molecule has 0 bridgehead atoms. The standard InChI is InChI=1S/C53H56N2O8/c1-51(2)47(56)54(48(60-37-33-41-21-9-3-10-22-41)52(58,45-29-17-7-18-30-45)62-39-35-43-25-13-5-14-26-43)50(57)55(51)49(61-38-34-42-23-11-4-12-24-42)53(59,46-31-19-8-20-32-46)63-40-36-44-27-15-6-16-28-44/h3-32,48-49,58-59H,33-40H2,1-2H3. The number of rotatable bonds is 22. The van der Waals surface area contributed by atoms with E-state index in [4.69, 9.17) is 18.9 Å². The van der Waals surface area contributed by atoms with Gasteiger partial charge in [0.25, 0.3) is 5.91 Å². The number of nitrogens with zero attached hydrogens (tertiary/aromatic N) is 2. The molecule has 10 heteroatoms. The van der Waals surface area contributed by atoms with Gasteiger partial charge in [-0.1, -0.05) is 182 Å². The first-order valence-electron chi connectivity index (χ1n) is 21.5. The summed E-state index contributed by atoms with van der Waals surface area (Å²) >= 11 is 0. The molecule has 0 aromatic heterocycles. The first kappa shape index (κ1) is 45.1. The van der Waals surface area contributed by atoms with Crippen molar-refractivity contribution in [3.63, 3.8) is 0 Å². The number of hydrogen-bond acceptors (Lipinski definition) is 8. The summed E-state index contributed by atoms with van der Waals surface area (Å²) in [4.78, 5) is 32.9. The monoisotopic (exact) mass is 848 g/mol. The molecule has 1 aliphatic heterocycles. The summed E-state index contributed by atoms with van der Waals surface area (Å²) in [6.07, 6.45) is -1.57. The van der Waals surface area contributed by atoms with Gasteiger partial charge >= 0.3 is 6.03 Å². The summed E-state index contributed by atoms with van der Waals surface area (Å²) < 4.78 is 26.2. The van der Waals surface area contributed by atoms with Crippen molar-refractivity contribution >= 4 is 11.9 Å². The normalized spacial score (nSPS) is 16.6. The third-order valence-corrected chi connectivity index (χ3v) is 11.4. The molecule has 0 spiro atoms. The molecule has 1 saturated heterocycles. The molecule has 326 valence electrons. The predicted molar refractivity (Wildman–Crippen MR) is 241 cm³/mol. The molecule has 2 N–H and O–H groups in total. The summed E-state index contributed by atoms with van der Waals surface area (Å²) in [6, 6.07) is 55.3. The summed E-state index contributed by atoms with van der Waals surface area (Å²) in [7, 11) is 0. The van der Waals surface area contributed by atoms with Gasteiger partial charge in [0.2, 0.25) is 11.6 Å². The lowest BCUT2D eigenvalue weighted by Crippen LogP contribution is -2.61. The second-order valence-electron chi connectivity index (χ2n) is 16.1. The molecule has 3 amide bonds. The molecule has 1 aliphatic rings. The van der Waals surface area contributed by atoms with Crippen molar-refractivity contribution in [1.29, 1.82) is 0 Å². The van der Waals surface area contributed by atoms with Gasteiger partial charge in [0, 0.05) is 11.1 Å². The van der Waals surface area contributed by atoms with E-state index in [-0.39, 0.29) is 32.0 Å². The van der Waals surface area contributed by atoms with Crippen LogP contribution in [0.25, 0.3) is 0 Å². The number of hydrogen-bond donors (Lipinski definition) is 2. The van der Waals surface area contributed by atoms with Gasteiger partial charge < -0.3 is 29.2 Å². The maximum absolute atomic E-state index is 15.6. The van der Waals surface area contributed by atoms with E-state index < -0.39 is 41.5 Å². The van der Waals surface area contributed by atoms with E-state index in [1.807, 2.05) is 127 Å². The van der Waals surface area contributed by atoms with Gasteiger partial charge in [-0.3, -0.25) is 9.69 Å². The van der Waals surface area contributed by atoms with Crippen LogP contribution in [0.2, 0.25) is 0 Å². The number of carbonyl (C=O) groups is 2. The number of ether oxygens (including phenoxy) is 4. The van der Waals surface area contributed by atoms with E-state index in [1.54, 1.807) is 68.4 Å². The molecular formula is C53H56N2O8. The topological polar surface area (TPSA) is 118 Å². The van der Waals surface area contributed by atoms with Crippen LogP contribution < -0.4 is 0 Å². The van der Waals surface area contributed by atoms with Crippen molar-refractivity contribution in [1.82, 2.24) is 9.80 Å². The summed E-state index contributed by atoms with van der Waals surface area (Å²) in [5, 5.41) is 26.1. The third-order valence-electron chi connectivity index (χ3n) is 11.4. The highest BCUT2D eigenvalue weighted by Crippen LogP contribution is 2.43. The van der Waals surface area contributed by atoms with Crippen LogP contribution in [0.4, 0.5) is 4.79 Å². The van der Waals surface area contributed by atoms with Crippen LogP contribution in [0, 0.1) is 0 Å². The summed E-state index contributed by atoms with van der Waals surface area (Å²) in [5.74, 6) is -5.34. The minimum Gasteiger partial charge on any atom is -0.358 e. The van der Waals surface area contributed by atoms with Gasteiger partial charge in [-0.2, -0.15) is 0 Å². The van der Waals surface area contributed by atoms with Gasteiger partial charge in [-0.25, -0.2) is 9.69 Å². The minimum atomic E-state index is -2.35. The Bertz CT molecular complexity index is 2320. The molecule has 6 aromatic rings. The van der Waals surface area contributed by atoms with E-state index in [2.05, 4.69) is 0 Å².